The number of nitrogens with zero attached hydrogens (tertiary/aromatic N) is 1. The Morgan fingerprint density at radius 1 is 1.17 bits per heavy atom. The number of aromatic nitrogens is 1. The molecule has 0 amide bonds. The van der Waals surface area contributed by atoms with Crippen LogP contribution in [0.15, 0.2) is 30.3 Å². The van der Waals surface area contributed by atoms with Crippen molar-refractivity contribution >= 4 is 10.9 Å². The van der Waals surface area contributed by atoms with Crippen molar-refractivity contribution in [3.05, 3.63) is 48.5 Å². The first kappa shape index (κ1) is 7.29. The van der Waals surface area contributed by atoms with Crippen LogP contribution in [-0.4, -0.2) is 4.98 Å². The van der Waals surface area contributed by atoms with Crippen molar-refractivity contribution in [2.24, 2.45) is 0 Å². The molecule has 0 unspecified atom stereocenters. The highest BCUT2D eigenvalue weighted by Gasteiger charge is 1.96. The van der Waals surface area contributed by atoms with Crippen LogP contribution in [0.3, 0.4) is 0 Å². The fourth-order valence-corrected chi connectivity index (χ4v) is 1.31. The summed E-state index contributed by atoms with van der Waals surface area (Å²) in [4.78, 5) is 4.41. The Labute approximate surface area is 72.1 Å². The summed E-state index contributed by atoms with van der Waals surface area (Å²) in [6.45, 7) is 5.92. The molecule has 2 rings (SSSR count). The van der Waals surface area contributed by atoms with Crippen molar-refractivity contribution in [1.82, 2.24) is 4.98 Å². The zero-order valence-corrected chi connectivity index (χ0v) is 7.04. The van der Waals surface area contributed by atoms with E-state index < -0.39 is 0 Å². The topological polar surface area (TPSA) is 12.9 Å². The molecule has 0 spiro atoms. The third-order valence-electron chi connectivity index (χ3n) is 1.94. The predicted molar refractivity (Wildman–Crippen MR) is 50.9 cm³/mol. The fraction of sp³-hybridized carbons (Fsp3) is 0.0909. The number of para-hydroxylation sites is 1. The van der Waals surface area contributed by atoms with Gasteiger partial charge in [0.15, 0.2) is 0 Å². The van der Waals surface area contributed by atoms with Gasteiger partial charge in [-0.1, -0.05) is 24.3 Å². The molecule has 1 aromatic heterocycles. The van der Waals surface area contributed by atoms with Gasteiger partial charge in [-0.3, -0.25) is 4.98 Å². The van der Waals surface area contributed by atoms with Gasteiger partial charge < -0.3 is 0 Å². The van der Waals surface area contributed by atoms with Crippen LogP contribution in [0.2, 0.25) is 0 Å². The summed E-state index contributed by atoms with van der Waals surface area (Å²) in [5.41, 5.74) is 3.05. The Morgan fingerprint density at radius 3 is 2.83 bits per heavy atom. The monoisotopic (exact) mass is 156 g/mol. The predicted octanol–water partition coefficient (Wildman–Crippen LogP) is 2.73. The third kappa shape index (κ3) is 1.07. The molecule has 0 saturated heterocycles. The molecule has 0 saturated carbocycles. The maximum absolute atomic E-state index is 4.41. The minimum atomic E-state index is 0.996. The van der Waals surface area contributed by atoms with Crippen LogP contribution >= 0.6 is 0 Å². The van der Waals surface area contributed by atoms with Gasteiger partial charge in [0.1, 0.15) is 0 Å². The van der Waals surface area contributed by atoms with Crippen LogP contribution in [0.5, 0.6) is 0 Å². The van der Waals surface area contributed by atoms with E-state index in [1.807, 2.05) is 25.1 Å². The molecule has 0 atom stereocenters. The summed E-state index contributed by atoms with van der Waals surface area (Å²) >= 11 is 0. The summed E-state index contributed by atoms with van der Waals surface area (Å²) in [6.07, 6.45) is 0. The quantitative estimate of drug-likeness (QED) is 0.571. The number of hydrogen-bond donors (Lipinski definition) is 0. The van der Waals surface area contributed by atoms with Crippen molar-refractivity contribution in [2.45, 2.75) is 6.92 Å². The van der Waals surface area contributed by atoms with Crippen LogP contribution in [0.25, 0.3) is 10.9 Å². The molecule has 59 valence electrons. The molecule has 0 bridgehead atoms. The normalized spacial score (nSPS) is 10.5. The molecule has 1 heterocycles. The number of hydrogen-bond acceptors (Lipinski definition) is 1. The van der Waals surface area contributed by atoms with Crippen molar-refractivity contribution in [1.29, 1.82) is 0 Å². The molecule has 12 heavy (non-hydrogen) atoms. The Morgan fingerprint density at radius 2 is 2.00 bits per heavy atom. The third-order valence-corrected chi connectivity index (χ3v) is 1.94. The van der Waals surface area contributed by atoms with E-state index in [-0.39, 0.29) is 0 Å². The first-order valence-electron chi connectivity index (χ1n) is 3.96. The van der Waals surface area contributed by atoms with Gasteiger partial charge in [0.05, 0.1) is 5.52 Å². The second kappa shape index (κ2) is 2.59. The van der Waals surface area contributed by atoms with E-state index in [0.29, 0.717) is 0 Å². The lowest BCUT2D eigenvalue weighted by atomic mass is 10.1. The van der Waals surface area contributed by atoms with Crippen LogP contribution in [-0.2, 0) is 0 Å². The van der Waals surface area contributed by atoms with Gasteiger partial charge >= 0.3 is 0 Å². The molecular weight excluding hydrogens is 146 g/mol. The van der Waals surface area contributed by atoms with Crippen LogP contribution in [0.1, 0.15) is 11.3 Å². The molecule has 0 N–H and O–H groups in total. The molecule has 0 aliphatic heterocycles. The summed E-state index contributed by atoms with van der Waals surface area (Å²) < 4.78 is 0. The van der Waals surface area contributed by atoms with E-state index in [1.165, 1.54) is 0 Å². The Kier molecular flexibility index (Phi) is 1.58. The largest absolute Gasteiger partial charge is 0.253 e. The smallest absolute Gasteiger partial charge is 0.0737 e. The highest BCUT2D eigenvalue weighted by atomic mass is 14.7. The lowest BCUT2D eigenvalue weighted by molar-refractivity contribution is 1.25. The van der Waals surface area contributed by atoms with Crippen LogP contribution in [0.4, 0.5) is 0 Å². The van der Waals surface area contributed by atoms with Crippen LogP contribution in [0, 0.1) is 13.8 Å². The summed E-state index contributed by atoms with van der Waals surface area (Å²) in [6, 6.07) is 10.1. The molecule has 1 aromatic carbocycles. The van der Waals surface area contributed by atoms with Gasteiger partial charge in [-0.05, 0) is 25.5 Å². The minimum absolute atomic E-state index is 0.996. The molecule has 0 aliphatic carbocycles. The van der Waals surface area contributed by atoms with E-state index in [2.05, 4.69) is 24.0 Å². The van der Waals surface area contributed by atoms with Gasteiger partial charge in [0.2, 0.25) is 0 Å². The standard InChI is InChI=1S/C11H10N/c1-8-4-3-5-10-7-6-9(2)12-11(8)10/h3-7H,1H2,2H3. The summed E-state index contributed by atoms with van der Waals surface area (Å²) in [5.74, 6) is 0. The minimum Gasteiger partial charge on any atom is -0.253 e. The van der Waals surface area contributed by atoms with Crippen molar-refractivity contribution in [2.75, 3.05) is 0 Å². The molecule has 1 nitrogen and oxygen atoms in total. The number of aryl methyl sites for hydroxylation is 1. The molecule has 2 aromatic rings. The molecule has 1 radical (unpaired) electrons. The van der Waals surface area contributed by atoms with E-state index in [0.717, 1.165) is 22.2 Å². The summed E-state index contributed by atoms with van der Waals surface area (Å²) in [5, 5.41) is 1.16. The maximum Gasteiger partial charge on any atom is 0.0737 e. The van der Waals surface area contributed by atoms with Gasteiger partial charge in [-0.25, -0.2) is 0 Å². The van der Waals surface area contributed by atoms with Crippen molar-refractivity contribution < 1.29 is 0 Å². The summed E-state index contributed by atoms with van der Waals surface area (Å²) in [7, 11) is 0. The van der Waals surface area contributed by atoms with E-state index in [1.54, 1.807) is 0 Å². The highest BCUT2D eigenvalue weighted by Crippen LogP contribution is 2.15. The first-order chi connectivity index (χ1) is 5.77. The Balaban J connectivity index is 2.88. The second-order valence-corrected chi connectivity index (χ2v) is 2.94. The number of rotatable bonds is 0. The zero-order chi connectivity index (χ0) is 8.55. The van der Waals surface area contributed by atoms with E-state index in [9.17, 15) is 0 Å². The second-order valence-electron chi connectivity index (χ2n) is 2.94. The molecule has 0 fully saturated rings. The van der Waals surface area contributed by atoms with Gasteiger partial charge in [0.25, 0.3) is 0 Å². The van der Waals surface area contributed by atoms with Crippen LogP contribution < -0.4 is 0 Å². The van der Waals surface area contributed by atoms with Crippen molar-refractivity contribution in [3.8, 4) is 0 Å². The number of fused-ring (bicyclic) bond motifs is 1. The van der Waals surface area contributed by atoms with E-state index in [4.69, 9.17) is 0 Å². The zero-order valence-electron chi connectivity index (χ0n) is 7.04. The number of pyridine rings is 1. The number of benzene rings is 1. The lowest BCUT2D eigenvalue weighted by Gasteiger charge is -2.00. The first-order valence-corrected chi connectivity index (χ1v) is 3.96. The molecule has 0 aliphatic rings. The van der Waals surface area contributed by atoms with Crippen molar-refractivity contribution in [3.63, 3.8) is 0 Å². The molecule has 1 heteroatoms. The Hall–Kier alpha value is -1.37. The van der Waals surface area contributed by atoms with Gasteiger partial charge in [-0.2, -0.15) is 0 Å². The van der Waals surface area contributed by atoms with Gasteiger partial charge in [0, 0.05) is 11.1 Å². The molecular formula is C11H10N. The average molecular weight is 156 g/mol. The highest BCUT2D eigenvalue weighted by molar-refractivity contribution is 5.82. The van der Waals surface area contributed by atoms with Gasteiger partial charge in [-0.15, -0.1) is 0 Å². The fourth-order valence-electron chi connectivity index (χ4n) is 1.31. The Bertz CT molecular complexity index is 418. The SMILES string of the molecule is [CH2]c1cccc2ccc(C)nc12. The van der Waals surface area contributed by atoms with E-state index >= 15 is 0 Å². The maximum atomic E-state index is 4.41. The lowest BCUT2D eigenvalue weighted by Crippen LogP contribution is -1.85. The average Bonchev–Trinajstić information content (AvgIpc) is 2.07.